The predicted octanol–water partition coefficient (Wildman–Crippen LogP) is 8.36. The summed E-state index contributed by atoms with van der Waals surface area (Å²) < 4.78 is 6.49. The highest BCUT2D eigenvalue weighted by atomic mass is 16.5. The molecule has 57 heavy (non-hydrogen) atoms. The van der Waals surface area contributed by atoms with Crippen molar-refractivity contribution in [3.8, 4) is 5.75 Å². The topological polar surface area (TPSA) is 96.1 Å². The van der Waals surface area contributed by atoms with Crippen LogP contribution < -0.4 is 15.4 Å². The average Bonchev–Trinajstić information content (AvgIpc) is 3.69. The molecule has 8 nitrogen and oxygen atoms in total. The Morgan fingerprint density at radius 3 is 2.02 bits per heavy atom. The largest absolute Gasteiger partial charge is 0.496 e. The predicted molar refractivity (Wildman–Crippen MR) is 233 cm³/mol. The monoisotopic (exact) mass is 776 g/mol. The molecule has 0 saturated carbocycles. The van der Waals surface area contributed by atoms with Crippen LogP contribution in [0.15, 0.2) is 109 Å². The Balaban J connectivity index is 1.17. The molecule has 0 bridgehead atoms. The van der Waals surface area contributed by atoms with E-state index in [1.54, 1.807) is 7.11 Å². The molecule has 1 saturated heterocycles. The number of carboxylic acids is 1. The van der Waals surface area contributed by atoms with Crippen LogP contribution in [0.3, 0.4) is 0 Å². The van der Waals surface area contributed by atoms with E-state index in [9.17, 15) is 9.59 Å². The van der Waals surface area contributed by atoms with Crippen molar-refractivity contribution in [2.75, 3.05) is 71.9 Å². The van der Waals surface area contributed by atoms with Gasteiger partial charge in [-0.05, 0) is 97.9 Å². The smallest absolute Gasteiger partial charge is 0.303 e. The zero-order valence-corrected chi connectivity index (χ0v) is 34.8. The molecule has 1 aliphatic rings. The van der Waals surface area contributed by atoms with Crippen LogP contribution >= 0.6 is 0 Å². The van der Waals surface area contributed by atoms with Crippen molar-refractivity contribution in [3.05, 3.63) is 131 Å². The van der Waals surface area contributed by atoms with Crippen LogP contribution in [0.5, 0.6) is 5.75 Å². The number of methoxy groups -OCH3 is 1. The number of ether oxygens (including phenoxy) is 1. The van der Waals surface area contributed by atoms with Gasteiger partial charge in [0.1, 0.15) is 11.2 Å². The Morgan fingerprint density at radius 2 is 1.39 bits per heavy atom. The average molecular weight is 776 g/mol. The highest BCUT2D eigenvalue weighted by Gasteiger charge is 2.49. The van der Waals surface area contributed by atoms with E-state index < -0.39 is 11.4 Å². The number of benzene rings is 4. The van der Waals surface area contributed by atoms with Gasteiger partial charge in [0.2, 0.25) is 5.91 Å². The first-order chi connectivity index (χ1) is 27.6. The van der Waals surface area contributed by atoms with Crippen LogP contribution in [0.1, 0.15) is 80.0 Å². The molecule has 1 heterocycles. The maximum absolute atomic E-state index is 13.7. The van der Waals surface area contributed by atoms with Crippen LogP contribution in [-0.4, -0.2) is 93.4 Å². The zero-order chi connectivity index (χ0) is 40.5. The first-order valence-corrected chi connectivity index (χ1v) is 21.3. The second-order valence-corrected chi connectivity index (χ2v) is 16.7. The lowest BCUT2D eigenvalue weighted by atomic mass is 9.64. The highest BCUT2D eigenvalue weighted by Crippen LogP contribution is 2.43. The first-order valence-electron chi connectivity index (χ1n) is 21.3. The van der Waals surface area contributed by atoms with Gasteiger partial charge < -0.3 is 29.9 Å². The van der Waals surface area contributed by atoms with Crippen molar-refractivity contribution in [2.24, 2.45) is 11.7 Å². The van der Waals surface area contributed by atoms with Crippen molar-refractivity contribution in [1.82, 2.24) is 4.90 Å². The number of carbonyl (C=O) groups is 2. The maximum atomic E-state index is 13.7. The molecule has 0 aliphatic carbocycles. The summed E-state index contributed by atoms with van der Waals surface area (Å²) >= 11 is 0. The first kappa shape index (κ1) is 43.5. The second-order valence-electron chi connectivity index (χ2n) is 16.7. The van der Waals surface area contributed by atoms with Gasteiger partial charge in [0.25, 0.3) is 0 Å². The fourth-order valence-corrected chi connectivity index (χ4v) is 8.84. The molecular formula is C49H67N4O4+. The number of quaternary nitrogens is 1. The molecule has 4 aromatic carbocycles. The van der Waals surface area contributed by atoms with Crippen molar-refractivity contribution in [3.63, 3.8) is 0 Å². The summed E-state index contributed by atoms with van der Waals surface area (Å²) in [6.45, 7) is 6.60. The number of anilines is 1. The van der Waals surface area contributed by atoms with Gasteiger partial charge in [0.15, 0.2) is 0 Å². The number of unbranched alkanes of at least 4 members (excludes halogenated alkanes) is 5. The van der Waals surface area contributed by atoms with Crippen LogP contribution in [0.2, 0.25) is 0 Å². The second kappa shape index (κ2) is 21.8. The van der Waals surface area contributed by atoms with E-state index in [-0.39, 0.29) is 18.2 Å². The van der Waals surface area contributed by atoms with Crippen molar-refractivity contribution >= 4 is 17.6 Å². The van der Waals surface area contributed by atoms with Crippen LogP contribution in [0.4, 0.5) is 5.69 Å². The van der Waals surface area contributed by atoms with E-state index in [0.29, 0.717) is 6.42 Å². The number of para-hydroxylation sites is 1. The number of aliphatic carboxylic acids is 1. The number of nitrogens with zero attached hydrogens (tertiary/aromatic N) is 3. The third-order valence-corrected chi connectivity index (χ3v) is 12.2. The summed E-state index contributed by atoms with van der Waals surface area (Å²) in [5.41, 5.74) is 11.1. The minimum atomic E-state index is -0.898. The number of primary amides is 1. The number of rotatable bonds is 25. The number of carbonyl (C=O) groups excluding carboxylic acids is 1. The number of likely N-dealkylation sites (N-methyl/N-ethyl adjacent to an activating group) is 1. The van der Waals surface area contributed by atoms with E-state index in [1.807, 2.05) is 42.5 Å². The Labute approximate surface area is 342 Å². The Kier molecular flexibility index (Phi) is 16.6. The van der Waals surface area contributed by atoms with Crippen LogP contribution in [0.25, 0.3) is 0 Å². The van der Waals surface area contributed by atoms with Gasteiger partial charge in [-0.25, -0.2) is 0 Å². The molecule has 1 aliphatic heterocycles. The van der Waals surface area contributed by atoms with Gasteiger partial charge in [-0.2, -0.15) is 0 Å². The Morgan fingerprint density at radius 1 is 0.772 bits per heavy atom. The summed E-state index contributed by atoms with van der Waals surface area (Å²) in [6.07, 6.45) is 11.1. The molecule has 1 fully saturated rings. The molecule has 4 aromatic rings. The molecule has 5 rings (SSSR count). The molecule has 1 unspecified atom stereocenters. The summed E-state index contributed by atoms with van der Waals surface area (Å²) in [5.74, 6) is 0.0189. The quantitative estimate of drug-likeness (QED) is 0.0519. The zero-order valence-electron chi connectivity index (χ0n) is 34.8. The lowest BCUT2D eigenvalue weighted by Gasteiger charge is -2.38. The summed E-state index contributed by atoms with van der Waals surface area (Å²) in [7, 11) is 6.47. The normalized spacial score (nSPS) is 14.8. The SMILES string of the molecule is COc1ccccc1CCCCCCCC[N+](C)(C)CCN(CCN1CCC(C(C(N)=O)(c2ccccc2)c2ccccc2)C1)c1ccc(CCCC(=O)O)cc1. The molecule has 3 N–H and O–H groups in total. The minimum absolute atomic E-state index is 0.0568. The fourth-order valence-electron chi connectivity index (χ4n) is 8.84. The highest BCUT2D eigenvalue weighted by molar-refractivity contribution is 5.91. The van der Waals surface area contributed by atoms with Gasteiger partial charge in [0, 0.05) is 31.7 Å². The number of hydrogen-bond acceptors (Lipinski definition) is 5. The number of aryl methyl sites for hydroxylation is 2. The van der Waals surface area contributed by atoms with Crippen molar-refractivity contribution < 1.29 is 23.9 Å². The Hall–Kier alpha value is -4.66. The molecule has 8 heteroatoms. The van der Waals surface area contributed by atoms with Gasteiger partial charge in [-0.1, -0.05) is 110 Å². The lowest BCUT2D eigenvalue weighted by molar-refractivity contribution is -0.889. The standard InChI is InChI=1S/C49H66N4O4/c1-53(2,37-17-7-5-4-6-10-20-41-21-15-16-26-46(41)57-3)38-36-52(45-30-28-40(29-31-45)19-18-27-47(54)55)35-34-51-33-32-44(39-51)49(48(50)56,42-22-11-8-12-23-42)43-24-13-9-14-25-43/h8-9,11-16,21-26,28-31,44H,4-7,10,17-20,27,32-39H2,1-3H3,(H2-,50,54,55,56)/p+1. The van der Waals surface area contributed by atoms with E-state index in [0.717, 1.165) is 86.4 Å². The molecule has 0 radical (unpaired) electrons. The number of likely N-dealkylation sites (tertiary alicyclic amines) is 1. The summed E-state index contributed by atoms with van der Waals surface area (Å²) in [6, 6.07) is 37.3. The molecule has 306 valence electrons. The third kappa shape index (κ3) is 12.4. The van der Waals surface area contributed by atoms with Gasteiger partial charge >= 0.3 is 5.97 Å². The van der Waals surface area contributed by atoms with Gasteiger partial charge in [-0.3, -0.25) is 9.59 Å². The molecule has 1 atom stereocenters. The maximum Gasteiger partial charge on any atom is 0.303 e. The summed E-state index contributed by atoms with van der Waals surface area (Å²) in [5, 5.41) is 9.11. The van der Waals surface area contributed by atoms with E-state index >= 15 is 0 Å². The number of hydrogen-bond donors (Lipinski definition) is 2. The number of nitrogens with two attached hydrogens (primary N) is 1. The van der Waals surface area contributed by atoms with Crippen LogP contribution in [0, 0.1) is 5.92 Å². The van der Waals surface area contributed by atoms with Crippen LogP contribution in [-0.2, 0) is 27.8 Å². The minimum Gasteiger partial charge on any atom is -0.496 e. The Bertz CT molecular complexity index is 1760. The number of amides is 1. The van der Waals surface area contributed by atoms with E-state index in [1.165, 1.54) is 55.3 Å². The lowest BCUT2D eigenvalue weighted by Crippen LogP contribution is -2.49. The van der Waals surface area contributed by atoms with Crippen molar-refractivity contribution in [1.29, 1.82) is 0 Å². The van der Waals surface area contributed by atoms with Gasteiger partial charge in [-0.15, -0.1) is 0 Å². The fraction of sp³-hybridized carbons (Fsp3) is 0.469. The molecule has 1 amide bonds. The number of carboxylic acid groups (broad SMARTS) is 1. The van der Waals surface area contributed by atoms with Gasteiger partial charge in [0.05, 0.1) is 40.8 Å². The van der Waals surface area contributed by atoms with Crippen molar-refractivity contribution in [2.45, 2.75) is 76.0 Å². The van der Waals surface area contributed by atoms with E-state index in [2.05, 4.69) is 90.6 Å². The summed E-state index contributed by atoms with van der Waals surface area (Å²) in [4.78, 5) is 29.8. The molecular weight excluding hydrogens is 709 g/mol. The van der Waals surface area contributed by atoms with E-state index in [4.69, 9.17) is 15.6 Å². The molecule has 0 aromatic heterocycles. The molecule has 0 spiro atoms. The third-order valence-electron chi connectivity index (χ3n) is 12.2.